The summed E-state index contributed by atoms with van der Waals surface area (Å²) in [5.41, 5.74) is 0.287. The molecule has 0 unspecified atom stereocenters. The number of nitrogens with one attached hydrogen (secondary N) is 2. The molecule has 2 N–H and O–H groups in total. The molecule has 0 saturated heterocycles. The molecule has 0 fully saturated rings. The summed E-state index contributed by atoms with van der Waals surface area (Å²) in [6.07, 6.45) is 3.38. The summed E-state index contributed by atoms with van der Waals surface area (Å²) in [6, 6.07) is 9.38. The Kier molecular flexibility index (Phi) is 3.80. The van der Waals surface area contributed by atoms with Gasteiger partial charge in [-0.15, -0.1) is 0 Å². The quantitative estimate of drug-likeness (QED) is 0.813. The van der Waals surface area contributed by atoms with Crippen molar-refractivity contribution in [1.29, 1.82) is 0 Å². The van der Waals surface area contributed by atoms with Crippen LogP contribution in [0.4, 0.5) is 0 Å². The summed E-state index contributed by atoms with van der Waals surface area (Å²) in [7, 11) is 0. The number of hydrogen-bond donors (Lipinski definition) is 2. The van der Waals surface area contributed by atoms with Crippen LogP contribution in [0.5, 0.6) is 0 Å². The van der Waals surface area contributed by atoms with Gasteiger partial charge in [-0.25, -0.2) is 0 Å². The number of rotatable bonds is 2. The summed E-state index contributed by atoms with van der Waals surface area (Å²) in [5.74, 6) is 0.195. The highest BCUT2D eigenvalue weighted by Crippen LogP contribution is 1.97. The summed E-state index contributed by atoms with van der Waals surface area (Å²) in [4.78, 5) is 29.0. The normalized spacial score (nSPS) is 13.2. The largest absolute Gasteiger partial charge is 0.316 e. The van der Waals surface area contributed by atoms with Gasteiger partial charge in [-0.3, -0.25) is 9.59 Å². The van der Waals surface area contributed by atoms with Gasteiger partial charge >= 0.3 is 0 Å². The van der Waals surface area contributed by atoms with E-state index in [1.807, 2.05) is 44.2 Å². The van der Waals surface area contributed by atoms with Crippen molar-refractivity contribution in [3.63, 3.8) is 0 Å². The fourth-order valence-corrected chi connectivity index (χ4v) is 1.76. The first kappa shape index (κ1) is 13.1. The molecule has 0 saturated carbocycles. The third-order valence-electron chi connectivity index (χ3n) is 2.60. The van der Waals surface area contributed by atoms with Crippen molar-refractivity contribution in [3.8, 4) is 0 Å². The molecule has 0 aliphatic rings. The van der Waals surface area contributed by atoms with Crippen LogP contribution in [0, 0.1) is 5.92 Å². The molecule has 0 aliphatic carbocycles. The molecule has 2 aromatic rings. The first-order valence-corrected chi connectivity index (χ1v) is 6.17. The molecular weight excluding hydrogens is 240 g/mol. The third kappa shape index (κ3) is 3.31. The van der Waals surface area contributed by atoms with E-state index in [1.54, 1.807) is 12.2 Å². The Bertz CT molecular complexity index is 783. The van der Waals surface area contributed by atoms with E-state index < -0.39 is 0 Å². The average molecular weight is 256 g/mol. The molecule has 4 heteroatoms. The van der Waals surface area contributed by atoms with Crippen LogP contribution < -0.4 is 21.8 Å². The Morgan fingerprint density at radius 3 is 2.16 bits per heavy atom. The van der Waals surface area contributed by atoms with Gasteiger partial charge in [0.15, 0.2) is 0 Å². The van der Waals surface area contributed by atoms with Crippen molar-refractivity contribution < 1.29 is 0 Å². The lowest BCUT2D eigenvalue weighted by atomic mass is 10.2. The fraction of sp³-hybridized carbons (Fsp3) is 0.200. The second kappa shape index (κ2) is 5.52. The van der Waals surface area contributed by atoms with Crippen molar-refractivity contribution in [3.05, 3.63) is 67.3 Å². The standard InChI is InChI=1S/C15H16N2O2/c1-10(2)8-12-14(18)17-13(15(19)16-12)9-11-6-4-3-5-7-11/h3-10H,1-2H3,(H,16,19)(H,17,18)/b12-8-,13-9?. The minimum Gasteiger partial charge on any atom is -0.316 e. The van der Waals surface area contributed by atoms with Crippen LogP contribution in [0.2, 0.25) is 0 Å². The Labute approximate surface area is 110 Å². The molecule has 0 atom stereocenters. The highest BCUT2D eigenvalue weighted by atomic mass is 16.1. The summed E-state index contributed by atoms with van der Waals surface area (Å²) in [5, 5.41) is 0.572. The van der Waals surface area contributed by atoms with Crippen molar-refractivity contribution in [1.82, 2.24) is 9.97 Å². The SMILES string of the molecule is CC(C)/C=c1\[nH]c(=O)c(=Cc2ccccc2)[nH]c1=O. The van der Waals surface area contributed by atoms with Crippen LogP contribution in [0.25, 0.3) is 12.2 Å². The maximum Gasteiger partial charge on any atom is 0.272 e. The summed E-state index contributed by atoms with van der Waals surface area (Å²) in [6.45, 7) is 3.89. The Morgan fingerprint density at radius 2 is 1.53 bits per heavy atom. The predicted molar refractivity (Wildman–Crippen MR) is 76.2 cm³/mol. The average Bonchev–Trinajstić information content (AvgIpc) is 2.36. The zero-order valence-electron chi connectivity index (χ0n) is 10.9. The van der Waals surface area contributed by atoms with Gasteiger partial charge in [-0.1, -0.05) is 50.3 Å². The number of aromatic nitrogens is 2. The number of benzene rings is 1. The topological polar surface area (TPSA) is 65.7 Å². The fourth-order valence-electron chi connectivity index (χ4n) is 1.76. The van der Waals surface area contributed by atoms with Crippen LogP contribution >= 0.6 is 0 Å². The molecule has 0 aliphatic heterocycles. The van der Waals surface area contributed by atoms with Crippen LogP contribution in [-0.4, -0.2) is 9.97 Å². The first-order chi connectivity index (χ1) is 9.06. The smallest absolute Gasteiger partial charge is 0.272 e. The minimum absolute atomic E-state index is 0.195. The second-order valence-electron chi connectivity index (χ2n) is 4.70. The predicted octanol–water partition coefficient (Wildman–Crippen LogP) is 0.328. The van der Waals surface area contributed by atoms with Crippen molar-refractivity contribution in [2.75, 3.05) is 0 Å². The highest BCUT2D eigenvalue weighted by molar-refractivity contribution is 5.47. The van der Waals surface area contributed by atoms with E-state index in [2.05, 4.69) is 9.97 Å². The van der Waals surface area contributed by atoms with Gasteiger partial charge in [0, 0.05) is 0 Å². The van der Waals surface area contributed by atoms with E-state index in [9.17, 15) is 9.59 Å². The Balaban J connectivity index is 2.64. The second-order valence-corrected chi connectivity index (χ2v) is 4.70. The van der Waals surface area contributed by atoms with Crippen molar-refractivity contribution >= 4 is 12.2 Å². The zero-order valence-corrected chi connectivity index (χ0v) is 10.9. The monoisotopic (exact) mass is 256 g/mol. The highest BCUT2D eigenvalue weighted by Gasteiger charge is 1.96. The van der Waals surface area contributed by atoms with Gasteiger partial charge in [0.2, 0.25) is 0 Å². The van der Waals surface area contributed by atoms with Gasteiger partial charge in [0.25, 0.3) is 11.1 Å². The molecule has 19 heavy (non-hydrogen) atoms. The molecule has 1 aromatic heterocycles. The lowest BCUT2D eigenvalue weighted by Gasteiger charge is -1.94. The van der Waals surface area contributed by atoms with E-state index >= 15 is 0 Å². The lowest BCUT2D eigenvalue weighted by Crippen LogP contribution is -2.47. The van der Waals surface area contributed by atoms with Gasteiger partial charge in [-0.05, 0) is 17.6 Å². The van der Waals surface area contributed by atoms with Crippen LogP contribution in [0.1, 0.15) is 19.4 Å². The number of hydrogen-bond acceptors (Lipinski definition) is 2. The van der Waals surface area contributed by atoms with E-state index in [4.69, 9.17) is 0 Å². The molecule has 1 aromatic carbocycles. The molecule has 0 radical (unpaired) electrons. The molecular formula is C15H16N2O2. The van der Waals surface area contributed by atoms with Gasteiger partial charge in [0.05, 0.1) is 0 Å². The van der Waals surface area contributed by atoms with E-state index in [0.717, 1.165) is 5.56 Å². The van der Waals surface area contributed by atoms with Gasteiger partial charge < -0.3 is 9.97 Å². The molecule has 0 amide bonds. The third-order valence-corrected chi connectivity index (χ3v) is 2.60. The van der Waals surface area contributed by atoms with E-state index in [1.165, 1.54) is 0 Å². The maximum absolute atomic E-state index is 11.9. The Hall–Kier alpha value is -2.36. The van der Waals surface area contributed by atoms with Crippen LogP contribution in [-0.2, 0) is 0 Å². The number of H-pyrrole nitrogens is 2. The molecule has 2 rings (SSSR count). The summed E-state index contributed by atoms with van der Waals surface area (Å²) < 4.78 is 0. The number of aromatic amines is 2. The minimum atomic E-state index is -0.296. The van der Waals surface area contributed by atoms with Crippen LogP contribution in [0.15, 0.2) is 39.9 Å². The van der Waals surface area contributed by atoms with Crippen LogP contribution in [0.3, 0.4) is 0 Å². The molecule has 98 valence electrons. The van der Waals surface area contributed by atoms with Gasteiger partial charge in [0.1, 0.15) is 10.7 Å². The van der Waals surface area contributed by atoms with E-state index in [-0.39, 0.29) is 22.4 Å². The summed E-state index contributed by atoms with van der Waals surface area (Å²) >= 11 is 0. The Morgan fingerprint density at radius 1 is 0.947 bits per heavy atom. The van der Waals surface area contributed by atoms with Crippen molar-refractivity contribution in [2.45, 2.75) is 13.8 Å². The van der Waals surface area contributed by atoms with E-state index in [0.29, 0.717) is 5.35 Å². The molecule has 4 nitrogen and oxygen atoms in total. The van der Waals surface area contributed by atoms with Crippen molar-refractivity contribution in [2.24, 2.45) is 5.92 Å². The maximum atomic E-state index is 11.9. The first-order valence-electron chi connectivity index (χ1n) is 6.17. The molecule has 1 heterocycles. The molecule has 0 bridgehead atoms. The lowest BCUT2D eigenvalue weighted by molar-refractivity contribution is 0.866. The molecule has 0 spiro atoms. The zero-order chi connectivity index (χ0) is 13.8. The van der Waals surface area contributed by atoms with Gasteiger partial charge in [-0.2, -0.15) is 0 Å².